The molecule has 2 fully saturated rings. The number of aryl methyl sites for hydroxylation is 1. The van der Waals surface area contributed by atoms with Crippen LogP contribution in [0.1, 0.15) is 94.6 Å². The third kappa shape index (κ3) is 5.72. The molecule has 2 saturated carbocycles. The summed E-state index contributed by atoms with van der Waals surface area (Å²) in [7, 11) is 0. The highest BCUT2D eigenvalue weighted by molar-refractivity contribution is 5.84. The smallest absolute Gasteiger partial charge is 0.134 e. The molecule has 0 aromatic heterocycles. The number of hydrogen-bond donors (Lipinski definition) is 0. The molecule has 0 spiro atoms. The molecule has 0 unspecified atom stereocenters. The van der Waals surface area contributed by atoms with Crippen LogP contribution >= 0.6 is 0 Å². The van der Waals surface area contributed by atoms with Crippen molar-refractivity contribution in [1.82, 2.24) is 0 Å². The highest BCUT2D eigenvalue weighted by atomic mass is 19.1. The predicted molar refractivity (Wildman–Crippen MR) is 137 cm³/mol. The Labute approximate surface area is 195 Å². The molecule has 0 amide bonds. The fourth-order valence-corrected chi connectivity index (χ4v) is 6.18. The molecule has 0 saturated heterocycles. The topological polar surface area (TPSA) is 0 Å². The Morgan fingerprint density at radius 1 is 0.906 bits per heavy atom. The Balaban J connectivity index is 1.29. The van der Waals surface area contributed by atoms with Crippen molar-refractivity contribution in [2.75, 3.05) is 0 Å². The summed E-state index contributed by atoms with van der Waals surface area (Å²) in [6.45, 7) is 5.99. The molecule has 0 atom stereocenters. The molecule has 0 radical (unpaired) electrons. The second-order valence-corrected chi connectivity index (χ2v) is 10.4. The van der Waals surface area contributed by atoms with E-state index in [2.05, 4.69) is 36.9 Å². The average molecular weight is 433 g/mol. The molecular formula is C31H41F. The van der Waals surface area contributed by atoms with Crippen molar-refractivity contribution in [2.24, 2.45) is 17.8 Å². The third-order valence-electron chi connectivity index (χ3n) is 8.40. The minimum atomic E-state index is -0.0237. The van der Waals surface area contributed by atoms with Crippen molar-refractivity contribution in [3.05, 3.63) is 72.1 Å². The molecule has 2 aromatic carbocycles. The van der Waals surface area contributed by atoms with E-state index < -0.39 is 0 Å². The van der Waals surface area contributed by atoms with Crippen molar-refractivity contribution in [3.63, 3.8) is 0 Å². The minimum absolute atomic E-state index is 0.0237. The summed E-state index contributed by atoms with van der Waals surface area (Å²) in [6.07, 6.45) is 21.7. The molecule has 32 heavy (non-hydrogen) atoms. The molecule has 0 heterocycles. The number of hydrogen-bond acceptors (Lipinski definition) is 0. The van der Waals surface area contributed by atoms with E-state index in [-0.39, 0.29) is 5.82 Å². The molecule has 0 bridgehead atoms. The lowest BCUT2D eigenvalue weighted by molar-refractivity contribution is 0.246. The maximum Gasteiger partial charge on any atom is 0.134 e. The van der Waals surface area contributed by atoms with Crippen LogP contribution in [0.15, 0.2) is 55.1 Å². The Hall–Kier alpha value is -1.89. The largest absolute Gasteiger partial charge is 0.206 e. The molecule has 0 N–H and O–H groups in total. The van der Waals surface area contributed by atoms with E-state index in [0.717, 1.165) is 46.9 Å². The van der Waals surface area contributed by atoms with Crippen LogP contribution in [0.2, 0.25) is 0 Å². The lowest BCUT2D eigenvalue weighted by Crippen LogP contribution is -2.17. The zero-order valence-electron chi connectivity index (χ0n) is 20.0. The van der Waals surface area contributed by atoms with E-state index in [1.807, 2.05) is 25.1 Å². The van der Waals surface area contributed by atoms with Crippen LogP contribution in [0.4, 0.5) is 4.39 Å². The normalized spacial score (nSPS) is 26.6. The lowest BCUT2D eigenvalue weighted by atomic mass is 9.74. The van der Waals surface area contributed by atoms with Crippen LogP contribution in [0.25, 0.3) is 10.8 Å². The van der Waals surface area contributed by atoms with Crippen molar-refractivity contribution < 1.29 is 4.39 Å². The highest BCUT2D eigenvalue weighted by Crippen LogP contribution is 2.40. The summed E-state index contributed by atoms with van der Waals surface area (Å²) in [4.78, 5) is 0. The summed E-state index contributed by atoms with van der Waals surface area (Å²) in [5.41, 5.74) is 2.25. The minimum Gasteiger partial charge on any atom is -0.206 e. The van der Waals surface area contributed by atoms with Gasteiger partial charge in [-0.05, 0) is 111 Å². The van der Waals surface area contributed by atoms with Crippen molar-refractivity contribution in [2.45, 2.75) is 89.9 Å². The van der Waals surface area contributed by atoms with Crippen molar-refractivity contribution in [1.29, 1.82) is 0 Å². The van der Waals surface area contributed by atoms with E-state index in [1.165, 1.54) is 69.8 Å². The summed E-state index contributed by atoms with van der Waals surface area (Å²) in [6, 6.07) is 10.6. The number of rotatable bonds is 8. The number of benzene rings is 2. The standard InChI is InChI=1S/C31H41F/c1-3-5-6-7-27-18-19-29-22-28(20-21-30(29)31(27)32)26-16-14-25(15-17-26)13-12-24-10-8-23(4-2)9-11-24/h3-5,18-26H,2,6-17H2,1H3/b5-3+. The Morgan fingerprint density at radius 3 is 2.25 bits per heavy atom. The highest BCUT2D eigenvalue weighted by Gasteiger charge is 2.25. The van der Waals surface area contributed by atoms with Gasteiger partial charge in [-0.15, -0.1) is 6.58 Å². The quantitative estimate of drug-likeness (QED) is 0.364. The molecule has 0 aliphatic heterocycles. The summed E-state index contributed by atoms with van der Waals surface area (Å²) >= 11 is 0. The Kier molecular flexibility index (Phi) is 8.22. The molecule has 2 aromatic rings. The van der Waals surface area contributed by atoms with Crippen molar-refractivity contribution >= 4 is 10.8 Å². The number of halogens is 1. The van der Waals surface area contributed by atoms with E-state index in [1.54, 1.807) is 0 Å². The van der Waals surface area contributed by atoms with Gasteiger partial charge in [-0.25, -0.2) is 4.39 Å². The molecule has 4 rings (SSSR count). The second-order valence-electron chi connectivity index (χ2n) is 10.4. The van der Waals surface area contributed by atoms with E-state index in [0.29, 0.717) is 5.92 Å². The maximum atomic E-state index is 15.0. The van der Waals surface area contributed by atoms with Crippen molar-refractivity contribution in [3.8, 4) is 0 Å². The summed E-state index contributed by atoms with van der Waals surface area (Å²) < 4.78 is 15.0. The van der Waals surface area contributed by atoms with Crippen LogP contribution in [0, 0.1) is 23.6 Å². The zero-order valence-corrected chi connectivity index (χ0v) is 20.0. The predicted octanol–water partition coefficient (Wildman–Crippen LogP) is 9.53. The first kappa shape index (κ1) is 23.3. The molecule has 0 nitrogen and oxygen atoms in total. The maximum absolute atomic E-state index is 15.0. The monoisotopic (exact) mass is 432 g/mol. The average Bonchev–Trinajstić information content (AvgIpc) is 2.85. The SMILES string of the molecule is C=CC1CCC(CCC2CCC(c3ccc4c(F)c(CC/C=C/C)ccc4c3)CC2)CC1. The fourth-order valence-electron chi connectivity index (χ4n) is 6.18. The molecule has 2 aliphatic rings. The van der Waals surface area contributed by atoms with E-state index >= 15 is 0 Å². The zero-order chi connectivity index (χ0) is 22.3. The van der Waals surface area contributed by atoms with Crippen LogP contribution in [-0.4, -0.2) is 0 Å². The van der Waals surface area contributed by atoms with E-state index in [9.17, 15) is 4.39 Å². The molecular weight excluding hydrogens is 391 g/mol. The second kappa shape index (κ2) is 11.3. The summed E-state index contributed by atoms with van der Waals surface area (Å²) in [5, 5.41) is 1.85. The molecule has 1 heteroatoms. The van der Waals surface area contributed by atoms with E-state index in [4.69, 9.17) is 0 Å². The molecule has 172 valence electrons. The first-order chi connectivity index (χ1) is 15.7. The Morgan fingerprint density at radius 2 is 1.59 bits per heavy atom. The van der Waals surface area contributed by atoms with Gasteiger partial charge >= 0.3 is 0 Å². The Bertz CT molecular complexity index is 907. The number of allylic oxidation sites excluding steroid dienone is 3. The first-order valence-electron chi connectivity index (χ1n) is 13.1. The molecule has 2 aliphatic carbocycles. The van der Waals surface area contributed by atoms with Crippen LogP contribution in [0.3, 0.4) is 0 Å². The van der Waals surface area contributed by atoms with Gasteiger partial charge in [0, 0.05) is 5.39 Å². The van der Waals surface area contributed by atoms with Crippen LogP contribution in [-0.2, 0) is 6.42 Å². The third-order valence-corrected chi connectivity index (χ3v) is 8.40. The van der Waals surface area contributed by atoms with Crippen LogP contribution < -0.4 is 0 Å². The van der Waals surface area contributed by atoms with Gasteiger partial charge in [0.15, 0.2) is 0 Å². The van der Waals surface area contributed by atoms with Gasteiger partial charge < -0.3 is 0 Å². The van der Waals surface area contributed by atoms with Gasteiger partial charge in [0.2, 0.25) is 0 Å². The summed E-state index contributed by atoms with van der Waals surface area (Å²) in [5.74, 6) is 3.28. The van der Waals surface area contributed by atoms with Gasteiger partial charge in [-0.2, -0.15) is 0 Å². The van der Waals surface area contributed by atoms with Gasteiger partial charge in [-0.1, -0.05) is 61.4 Å². The van der Waals surface area contributed by atoms with Gasteiger partial charge in [0.1, 0.15) is 5.82 Å². The fraction of sp³-hybridized carbons (Fsp3) is 0.548. The van der Waals surface area contributed by atoms with Crippen LogP contribution in [0.5, 0.6) is 0 Å². The number of fused-ring (bicyclic) bond motifs is 1. The first-order valence-corrected chi connectivity index (χ1v) is 13.1. The van der Waals surface area contributed by atoms with Gasteiger partial charge in [0.25, 0.3) is 0 Å². The van der Waals surface area contributed by atoms with Gasteiger partial charge in [-0.3, -0.25) is 0 Å². The van der Waals surface area contributed by atoms with Gasteiger partial charge in [0.05, 0.1) is 0 Å². The lowest BCUT2D eigenvalue weighted by Gasteiger charge is -2.31.